The Balaban J connectivity index is 1.52. The van der Waals surface area contributed by atoms with E-state index >= 15 is 0 Å². The molecule has 1 aromatic carbocycles. The summed E-state index contributed by atoms with van der Waals surface area (Å²) in [5.41, 5.74) is 4.68. The maximum atomic E-state index is 2.54. The van der Waals surface area contributed by atoms with Crippen LogP contribution in [0.25, 0.3) is 5.57 Å². The first-order valence-corrected chi connectivity index (χ1v) is 11.1. The maximum Gasteiger partial charge on any atom is -0.0162 e. The summed E-state index contributed by atoms with van der Waals surface area (Å²) in [6.45, 7) is 4.66. The Labute approximate surface area is 156 Å². The van der Waals surface area contributed by atoms with Crippen molar-refractivity contribution in [1.29, 1.82) is 0 Å². The molecule has 0 bridgehead atoms. The van der Waals surface area contributed by atoms with E-state index in [9.17, 15) is 0 Å². The highest BCUT2D eigenvalue weighted by Gasteiger charge is 2.21. The summed E-state index contributed by atoms with van der Waals surface area (Å²) in [6.07, 6.45) is 19.2. The molecule has 0 aliphatic heterocycles. The van der Waals surface area contributed by atoms with Gasteiger partial charge in [-0.05, 0) is 79.4 Å². The van der Waals surface area contributed by atoms with Crippen LogP contribution in [0.15, 0.2) is 30.3 Å². The van der Waals surface area contributed by atoms with Crippen molar-refractivity contribution in [2.75, 3.05) is 0 Å². The van der Waals surface area contributed by atoms with Crippen molar-refractivity contribution in [2.45, 2.75) is 96.8 Å². The maximum absolute atomic E-state index is 2.54. The highest BCUT2D eigenvalue weighted by molar-refractivity contribution is 5.66. The molecule has 0 heterocycles. The lowest BCUT2D eigenvalue weighted by Crippen LogP contribution is -2.12. The van der Waals surface area contributed by atoms with Crippen LogP contribution in [0.2, 0.25) is 0 Å². The average Bonchev–Trinajstić information content (AvgIpc) is 2.69. The van der Waals surface area contributed by atoms with Crippen molar-refractivity contribution in [3.05, 3.63) is 41.5 Å². The van der Waals surface area contributed by atoms with Gasteiger partial charge >= 0.3 is 0 Å². The second-order valence-electron chi connectivity index (χ2n) is 8.61. The Morgan fingerprint density at radius 3 is 2.20 bits per heavy atom. The Hall–Kier alpha value is -1.04. The quantitative estimate of drug-likeness (QED) is 0.440. The van der Waals surface area contributed by atoms with Crippen molar-refractivity contribution in [3.63, 3.8) is 0 Å². The number of unbranched alkanes of at least 4 members (excludes halogenated alkanes) is 2. The zero-order valence-corrected chi connectivity index (χ0v) is 16.6. The molecule has 0 nitrogen and oxygen atoms in total. The van der Waals surface area contributed by atoms with Crippen LogP contribution in [-0.2, 0) is 0 Å². The first kappa shape index (κ1) is 18.7. The number of rotatable bonds is 7. The Kier molecular flexibility index (Phi) is 7.20. The van der Waals surface area contributed by atoms with Crippen molar-refractivity contribution in [3.8, 4) is 0 Å². The summed E-state index contributed by atoms with van der Waals surface area (Å²) >= 11 is 0. The minimum Gasteiger partial charge on any atom is -0.0804 e. The molecule has 0 N–H and O–H groups in total. The third kappa shape index (κ3) is 5.22. The van der Waals surface area contributed by atoms with Gasteiger partial charge in [0.25, 0.3) is 0 Å². The number of benzene rings is 1. The number of hydrogen-bond acceptors (Lipinski definition) is 0. The van der Waals surface area contributed by atoms with Crippen LogP contribution in [0.3, 0.4) is 0 Å². The molecule has 2 aliphatic carbocycles. The average molecular weight is 339 g/mol. The molecule has 25 heavy (non-hydrogen) atoms. The van der Waals surface area contributed by atoms with Crippen molar-refractivity contribution in [2.24, 2.45) is 11.8 Å². The van der Waals surface area contributed by atoms with Gasteiger partial charge in [-0.2, -0.15) is 0 Å². The van der Waals surface area contributed by atoms with E-state index in [1.54, 1.807) is 11.1 Å². The van der Waals surface area contributed by atoms with Gasteiger partial charge < -0.3 is 0 Å². The van der Waals surface area contributed by atoms with Gasteiger partial charge in [-0.25, -0.2) is 0 Å². The molecule has 0 radical (unpaired) electrons. The molecule has 0 heteroatoms. The molecule has 1 fully saturated rings. The van der Waals surface area contributed by atoms with Gasteiger partial charge in [-0.3, -0.25) is 0 Å². The third-order valence-corrected chi connectivity index (χ3v) is 6.91. The van der Waals surface area contributed by atoms with E-state index in [1.165, 1.54) is 82.6 Å². The van der Waals surface area contributed by atoms with E-state index in [2.05, 4.69) is 44.2 Å². The van der Waals surface area contributed by atoms with Crippen LogP contribution >= 0.6 is 0 Å². The smallest absolute Gasteiger partial charge is 0.0162 e. The van der Waals surface area contributed by atoms with Crippen molar-refractivity contribution in [1.82, 2.24) is 0 Å². The van der Waals surface area contributed by atoms with Crippen LogP contribution in [0.1, 0.15) is 108 Å². The van der Waals surface area contributed by atoms with Crippen molar-refractivity contribution < 1.29 is 0 Å². The lowest BCUT2D eigenvalue weighted by atomic mass is 9.77. The largest absolute Gasteiger partial charge is 0.0804 e. The summed E-state index contributed by atoms with van der Waals surface area (Å²) < 4.78 is 0. The summed E-state index contributed by atoms with van der Waals surface area (Å²) in [7, 11) is 0. The minimum atomic E-state index is 0.820. The van der Waals surface area contributed by atoms with Gasteiger partial charge in [0.2, 0.25) is 0 Å². The third-order valence-electron chi connectivity index (χ3n) is 6.91. The Morgan fingerprint density at radius 2 is 1.60 bits per heavy atom. The van der Waals surface area contributed by atoms with E-state index in [-0.39, 0.29) is 0 Å². The number of hydrogen-bond donors (Lipinski definition) is 0. The molecule has 1 atom stereocenters. The predicted molar refractivity (Wildman–Crippen MR) is 111 cm³/mol. The molecular formula is C25H38. The number of allylic oxidation sites excluding steroid dienone is 2. The standard InChI is InChI=1S/C25H38/c1-3-5-6-7-21-10-14-23(15-11-21)25-18-16-24(17-19-25)22-12-8-20(4-2)9-13-22/h14,16-22H,3-13,15H2,1-2H3. The second-order valence-corrected chi connectivity index (χ2v) is 8.61. The van der Waals surface area contributed by atoms with Gasteiger partial charge in [0.15, 0.2) is 0 Å². The second kappa shape index (κ2) is 9.60. The first-order chi connectivity index (χ1) is 12.3. The Bertz CT molecular complexity index is 528. The van der Waals surface area contributed by atoms with Crippen LogP contribution in [-0.4, -0.2) is 0 Å². The minimum absolute atomic E-state index is 0.820. The Morgan fingerprint density at radius 1 is 0.840 bits per heavy atom. The fourth-order valence-electron chi connectivity index (χ4n) is 4.97. The summed E-state index contributed by atoms with van der Waals surface area (Å²) in [4.78, 5) is 0. The fourth-order valence-corrected chi connectivity index (χ4v) is 4.97. The SMILES string of the molecule is CCCCCC1CC=C(c2ccc(C3CCC(CC)CC3)cc2)CC1. The molecule has 1 unspecified atom stereocenters. The van der Waals surface area contributed by atoms with Crippen LogP contribution in [0.5, 0.6) is 0 Å². The molecule has 2 aliphatic rings. The van der Waals surface area contributed by atoms with Gasteiger partial charge in [0.05, 0.1) is 0 Å². The highest BCUT2D eigenvalue weighted by Crippen LogP contribution is 2.38. The summed E-state index contributed by atoms with van der Waals surface area (Å²) in [5.74, 6) is 2.76. The van der Waals surface area contributed by atoms with E-state index in [1.807, 2.05) is 0 Å². The van der Waals surface area contributed by atoms with Gasteiger partial charge in [-0.15, -0.1) is 0 Å². The molecule has 0 aromatic heterocycles. The molecule has 1 aromatic rings. The molecule has 0 saturated heterocycles. The first-order valence-electron chi connectivity index (χ1n) is 11.1. The molecular weight excluding hydrogens is 300 g/mol. The van der Waals surface area contributed by atoms with Crippen LogP contribution < -0.4 is 0 Å². The fraction of sp³-hybridized carbons (Fsp3) is 0.680. The molecule has 0 spiro atoms. The summed E-state index contributed by atoms with van der Waals surface area (Å²) in [5, 5.41) is 0. The van der Waals surface area contributed by atoms with Crippen LogP contribution in [0.4, 0.5) is 0 Å². The van der Waals surface area contributed by atoms with Crippen molar-refractivity contribution >= 4 is 5.57 Å². The monoisotopic (exact) mass is 338 g/mol. The molecule has 0 amide bonds. The van der Waals surface area contributed by atoms with Crippen LogP contribution in [0, 0.1) is 11.8 Å². The zero-order chi connectivity index (χ0) is 17.5. The topological polar surface area (TPSA) is 0 Å². The van der Waals surface area contributed by atoms with E-state index in [0.717, 1.165) is 17.8 Å². The predicted octanol–water partition coefficient (Wildman–Crippen LogP) is 8.13. The van der Waals surface area contributed by atoms with E-state index in [0.29, 0.717) is 0 Å². The molecule has 138 valence electrons. The molecule has 1 saturated carbocycles. The lowest BCUT2D eigenvalue weighted by Gasteiger charge is -2.28. The lowest BCUT2D eigenvalue weighted by molar-refractivity contribution is 0.319. The van der Waals surface area contributed by atoms with Gasteiger partial charge in [0, 0.05) is 0 Å². The summed E-state index contributed by atoms with van der Waals surface area (Å²) in [6, 6.07) is 9.68. The van der Waals surface area contributed by atoms with E-state index in [4.69, 9.17) is 0 Å². The van der Waals surface area contributed by atoms with E-state index < -0.39 is 0 Å². The molecule has 3 rings (SSSR count). The normalized spacial score (nSPS) is 27.1. The van der Waals surface area contributed by atoms with Gasteiger partial charge in [0.1, 0.15) is 0 Å². The zero-order valence-electron chi connectivity index (χ0n) is 16.6. The highest BCUT2D eigenvalue weighted by atomic mass is 14.3. The van der Waals surface area contributed by atoms with Gasteiger partial charge in [-0.1, -0.05) is 76.3 Å².